The minimum Gasteiger partial charge on any atom is -0.395 e. The summed E-state index contributed by atoms with van der Waals surface area (Å²) in [4.78, 5) is 2.44. The van der Waals surface area contributed by atoms with E-state index in [0.717, 1.165) is 19.6 Å². The average Bonchev–Trinajstić information content (AvgIpc) is 2.56. The fraction of sp³-hybridized carbons (Fsp3) is 0.625. The summed E-state index contributed by atoms with van der Waals surface area (Å²) in [5, 5.41) is 13.1. The number of hydrogen-bond acceptors (Lipinski definition) is 3. The van der Waals surface area contributed by atoms with Crippen LogP contribution in [0, 0.1) is 5.41 Å². The molecule has 0 amide bonds. The molecule has 2 N–H and O–H groups in total. The van der Waals surface area contributed by atoms with E-state index >= 15 is 0 Å². The van der Waals surface area contributed by atoms with Gasteiger partial charge in [-0.1, -0.05) is 44.2 Å². The number of nitrogens with zero attached hydrogens (tertiary/aromatic N) is 1. The van der Waals surface area contributed by atoms with E-state index in [1.807, 2.05) is 6.07 Å². The molecule has 2 unspecified atom stereocenters. The van der Waals surface area contributed by atoms with Gasteiger partial charge in [0.15, 0.2) is 0 Å². The number of nitrogens with one attached hydrogen (secondary N) is 1. The summed E-state index contributed by atoms with van der Waals surface area (Å²) in [5.41, 5.74) is 1.55. The van der Waals surface area contributed by atoms with Crippen molar-refractivity contribution in [2.45, 2.75) is 32.9 Å². The molecule has 19 heavy (non-hydrogen) atoms. The predicted molar refractivity (Wildman–Crippen MR) is 79.1 cm³/mol. The topological polar surface area (TPSA) is 35.5 Å². The molecule has 1 aliphatic heterocycles. The normalized spacial score (nSPS) is 25.8. The fourth-order valence-corrected chi connectivity index (χ4v) is 2.92. The third-order valence-corrected chi connectivity index (χ3v) is 4.05. The molecule has 1 aliphatic rings. The Morgan fingerprint density at radius 3 is 2.68 bits per heavy atom. The third kappa shape index (κ3) is 3.56. The lowest BCUT2D eigenvalue weighted by molar-refractivity contribution is 0.0735. The van der Waals surface area contributed by atoms with Gasteiger partial charge in [-0.25, -0.2) is 0 Å². The van der Waals surface area contributed by atoms with Gasteiger partial charge < -0.3 is 10.4 Å². The van der Waals surface area contributed by atoms with E-state index in [0.29, 0.717) is 6.04 Å². The second-order valence-electron chi connectivity index (χ2n) is 6.39. The van der Waals surface area contributed by atoms with Gasteiger partial charge in [0.2, 0.25) is 0 Å². The number of benzene rings is 1. The Kier molecular flexibility index (Phi) is 4.61. The van der Waals surface area contributed by atoms with Crippen molar-refractivity contribution >= 4 is 0 Å². The van der Waals surface area contributed by atoms with Crippen molar-refractivity contribution in [1.29, 1.82) is 0 Å². The van der Waals surface area contributed by atoms with Crippen molar-refractivity contribution < 1.29 is 5.11 Å². The summed E-state index contributed by atoms with van der Waals surface area (Å²) in [5.74, 6) is 0. The van der Waals surface area contributed by atoms with Gasteiger partial charge in [-0.3, -0.25) is 4.90 Å². The molecule has 0 saturated carbocycles. The Morgan fingerprint density at radius 2 is 2.05 bits per heavy atom. The van der Waals surface area contributed by atoms with Crippen LogP contribution in [0.5, 0.6) is 0 Å². The summed E-state index contributed by atoms with van der Waals surface area (Å²) < 4.78 is 0. The zero-order valence-corrected chi connectivity index (χ0v) is 12.3. The standard InChI is InChI=1S/C16H26N2O/c1-13(14-7-5-4-6-8-14)18-12-16(2,3)11-17-9-15(18)10-19/h4-8,13,15,17,19H,9-12H2,1-3H3. The molecule has 0 spiro atoms. The van der Waals surface area contributed by atoms with E-state index in [2.05, 4.69) is 55.3 Å². The van der Waals surface area contributed by atoms with Gasteiger partial charge in [-0.05, 0) is 17.9 Å². The maximum absolute atomic E-state index is 9.67. The van der Waals surface area contributed by atoms with Crippen molar-refractivity contribution in [3.63, 3.8) is 0 Å². The van der Waals surface area contributed by atoms with E-state index in [4.69, 9.17) is 0 Å². The summed E-state index contributed by atoms with van der Waals surface area (Å²) in [6.45, 7) is 9.87. The van der Waals surface area contributed by atoms with Crippen LogP contribution < -0.4 is 5.32 Å². The first-order chi connectivity index (χ1) is 9.03. The molecule has 1 aromatic carbocycles. The van der Waals surface area contributed by atoms with Gasteiger partial charge in [0.1, 0.15) is 0 Å². The van der Waals surface area contributed by atoms with Gasteiger partial charge in [0.25, 0.3) is 0 Å². The second kappa shape index (κ2) is 6.04. The Labute approximate surface area is 116 Å². The molecule has 3 heteroatoms. The van der Waals surface area contributed by atoms with Crippen molar-refractivity contribution in [2.75, 3.05) is 26.2 Å². The van der Waals surface area contributed by atoms with Crippen LogP contribution in [0.1, 0.15) is 32.4 Å². The molecule has 106 valence electrons. The second-order valence-corrected chi connectivity index (χ2v) is 6.39. The van der Waals surface area contributed by atoms with E-state index in [-0.39, 0.29) is 18.1 Å². The Balaban J connectivity index is 2.22. The maximum Gasteiger partial charge on any atom is 0.0599 e. The molecule has 1 aromatic rings. The van der Waals surface area contributed by atoms with Crippen LogP contribution in [-0.4, -0.2) is 42.3 Å². The van der Waals surface area contributed by atoms with Crippen LogP contribution in [0.2, 0.25) is 0 Å². The van der Waals surface area contributed by atoms with E-state index in [1.54, 1.807) is 0 Å². The van der Waals surface area contributed by atoms with Crippen molar-refractivity contribution in [2.24, 2.45) is 5.41 Å². The smallest absolute Gasteiger partial charge is 0.0599 e. The monoisotopic (exact) mass is 262 g/mol. The van der Waals surface area contributed by atoms with Gasteiger partial charge in [-0.2, -0.15) is 0 Å². The SMILES string of the molecule is CC(c1ccccc1)N1CC(C)(C)CNCC1CO. The molecule has 1 heterocycles. The van der Waals surface area contributed by atoms with Gasteiger partial charge >= 0.3 is 0 Å². The molecular weight excluding hydrogens is 236 g/mol. The lowest BCUT2D eigenvalue weighted by atomic mass is 9.91. The molecule has 0 aromatic heterocycles. The van der Waals surface area contributed by atoms with Crippen molar-refractivity contribution in [3.8, 4) is 0 Å². The molecule has 2 rings (SSSR count). The van der Waals surface area contributed by atoms with Crippen LogP contribution in [0.3, 0.4) is 0 Å². The quantitative estimate of drug-likeness (QED) is 0.875. The molecule has 2 atom stereocenters. The highest BCUT2D eigenvalue weighted by molar-refractivity contribution is 5.18. The van der Waals surface area contributed by atoms with Crippen LogP contribution in [0.4, 0.5) is 0 Å². The van der Waals surface area contributed by atoms with E-state index in [1.165, 1.54) is 5.56 Å². The Bertz CT molecular complexity index is 391. The van der Waals surface area contributed by atoms with Crippen molar-refractivity contribution in [1.82, 2.24) is 10.2 Å². The molecule has 1 saturated heterocycles. The van der Waals surface area contributed by atoms with Crippen LogP contribution >= 0.6 is 0 Å². The largest absolute Gasteiger partial charge is 0.395 e. The summed E-state index contributed by atoms with van der Waals surface area (Å²) in [7, 11) is 0. The van der Waals surface area contributed by atoms with Crippen LogP contribution in [0.15, 0.2) is 30.3 Å². The van der Waals surface area contributed by atoms with Crippen molar-refractivity contribution in [3.05, 3.63) is 35.9 Å². The highest BCUT2D eigenvalue weighted by Gasteiger charge is 2.32. The first-order valence-corrected chi connectivity index (χ1v) is 7.16. The number of aliphatic hydroxyl groups is 1. The summed E-state index contributed by atoms with van der Waals surface area (Å²) >= 11 is 0. The highest BCUT2D eigenvalue weighted by atomic mass is 16.3. The molecular formula is C16H26N2O. The maximum atomic E-state index is 9.67. The molecule has 0 aliphatic carbocycles. The Morgan fingerprint density at radius 1 is 1.37 bits per heavy atom. The zero-order chi connectivity index (χ0) is 13.9. The number of rotatable bonds is 3. The van der Waals surface area contributed by atoms with Gasteiger partial charge in [0, 0.05) is 31.7 Å². The first-order valence-electron chi connectivity index (χ1n) is 7.16. The fourth-order valence-electron chi connectivity index (χ4n) is 2.92. The predicted octanol–water partition coefficient (Wildman–Crippen LogP) is 2.04. The number of aliphatic hydroxyl groups excluding tert-OH is 1. The molecule has 3 nitrogen and oxygen atoms in total. The van der Waals surface area contributed by atoms with Crippen LogP contribution in [0.25, 0.3) is 0 Å². The molecule has 0 radical (unpaired) electrons. The lowest BCUT2D eigenvalue weighted by Crippen LogP contribution is -2.45. The summed E-state index contributed by atoms with van der Waals surface area (Å²) in [6, 6.07) is 11.1. The van der Waals surface area contributed by atoms with E-state index < -0.39 is 0 Å². The number of hydrogen-bond donors (Lipinski definition) is 2. The Hall–Kier alpha value is -0.900. The molecule has 0 bridgehead atoms. The zero-order valence-electron chi connectivity index (χ0n) is 12.3. The minimum absolute atomic E-state index is 0.192. The van der Waals surface area contributed by atoms with Gasteiger partial charge in [-0.15, -0.1) is 0 Å². The summed E-state index contributed by atoms with van der Waals surface area (Å²) in [6.07, 6.45) is 0. The minimum atomic E-state index is 0.192. The average molecular weight is 262 g/mol. The lowest BCUT2D eigenvalue weighted by Gasteiger charge is -2.37. The first kappa shape index (κ1) is 14.5. The third-order valence-electron chi connectivity index (χ3n) is 4.05. The van der Waals surface area contributed by atoms with E-state index in [9.17, 15) is 5.11 Å². The molecule has 1 fully saturated rings. The van der Waals surface area contributed by atoms with Crippen LogP contribution in [-0.2, 0) is 0 Å². The highest BCUT2D eigenvalue weighted by Crippen LogP contribution is 2.28. The van der Waals surface area contributed by atoms with Gasteiger partial charge in [0.05, 0.1) is 6.61 Å².